The molecule has 0 aromatic heterocycles. The predicted molar refractivity (Wildman–Crippen MR) is 88.0 cm³/mol. The van der Waals surface area contributed by atoms with Gasteiger partial charge in [-0.25, -0.2) is 36.3 Å². The molecule has 0 bridgehead atoms. The number of amidine groups is 2. The number of rotatable bonds is 2. The van der Waals surface area contributed by atoms with Crippen molar-refractivity contribution in [1.82, 2.24) is 5.32 Å². The highest BCUT2D eigenvalue weighted by atomic mass is 19.2. The van der Waals surface area contributed by atoms with E-state index in [-0.39, 0.29) is 36.4 Å². The zero-order valence-electron chi connectivity index (χ0n) is 14.4. The molecule has 0 saturated heterocycles. The van der Waals surface area contributed by atoms with E-state index in [4.69, 9.17) is 9.47 Å². The van der Waals surface area contributed by atoms with Crippen molar-refractivity contribution < 1.29 is 35.8 Å². The highest BCUT2D eigenvalue weighted by molar-refractivity contribution is 5.94. The molecular weight excluding hydrogens is 404 g/mol. The maximum Gasteiger partial charge on any atom is 0.293 e. The smallest absolute Gasteiger partial charge is 0.293 e. The van der Waals surface area contributed by atoms with Crippen LogP contribution in [0.1, 0.15) is 23.2 Å². The van der Waals surface area contributed by atoms with Crippen LogP contribution in [0.5, 0.6) is 0 Å². The van der Waals surface area contributed by atoms with Crippen LogP contribution < -0.4 is 5.32 Å². The van der Waals surface area contributed by atoms with Crippen LogP contribution in [0.4, 0.5) is 26.3 Å². The Morgan fingerprint density at radius 1 is 0.655 bits per heavy atom. The van der Waals surface area contributed by atoms with Crippen molar-refractivity contribution in [1.29, 1.82) is 0 Å². The van der Waals surface area contributed by atoms with E-state index in [2.05, 4.69) is 15.3 Å². The first-order chi connectivity index (χ1) is 13.8. The van der Waals surface area contributed by atoms with Gasteiger partial charge in [0.2, 0.25) is 0 Å². The van der Waals surface area contributed by atoms with E-state index in [0.717, 1.165) is 24.3 Å². The van der Waals surface area contributed by atoms with Crippen LogP contribution in [0.3, 0.4) is 0 Å². The molecule has 0 fully saturated rings. The Labute approximate surface area is 159 Å². The van der Waals surface area contributed by atoms with E-state index in [0.29, 0.717) is 0 Å². The molecule has 0 spiro atoms. The fourth-order valence-corrected chi connectivity index (χ4v) is 2.85. The highest BCUT2D eigenvalue weighted by Gasteiger charge is 2.28. The summed E-state index contributed by atoms with van der Waals surface area (Å²) in [5, 5.41) is 2.59. The molecule has 11 heteroatoms. The molecule has 4 rings (SSSR count). The fraction of sp³-hybridized carbons (Fsp3) is 0.222. The second kappa shape index (κ2) is 7.30. The molecule has 0 aliphatic carbocycles. The standard InChI is InChI=1S/C18H11F6N3O2/c19-9-1-7(2-10(20)15(9)23)13-5-28-17(25-13)27-18-26-14(6-29-18)8-3-11(21)16(24)12(22)4-8/h1-4,13-14H,5-6H2,(H,25,26,27). The lowest BCUT2D eigenvalue weighted by Crippen LogP contribution is -2.30. The minimum absolute atomic E-state index is 0.0715. The lowest BCUT2D eigenvalue weighted by Gasteiger charge is -2.06. The molecule has 29 heavy (non-hydrogen) atoms. The fourth-order valence-electron chi connectivity index (χ4n) is 2.85. The normalized spacial score (nSPS) is 20.8. The average Bonchev–Trinajstić information content (AvgIpc) is 3.33. The number of ether oxygens (including phenoxy) is 2. The topological polar surface area (TPSA) is 55.2 Å². The Hall–Kier alpha value is -3.24. The van der Waals surface area contributed by atoms with Gasteiger partial charge in [-0.1, -0.05) is 0 Å². The lowest BCUT2D eigenvalue weighted by molar-refractivity contribution is 0.292. The SMILES string of the molecule is Fc1cc(C2COC(NC3=NC(c4cc(F)c(F)c(F)c4)CO3)=N2)cc(F)c1F. The molecule has 2 aliphatic heterocycles. The van der Waals surface area contributed by atoms with Gasteiger partial charge in [-0.15, -0.1) is 0 Å². The van der Waals surface area contributed by atoms with Gasteiger partial charge >= 0.3 is 0 Å². The molecular formula is C18H11F6N3O2. The number of aliphatic imine (C=N–C) groups is 2. The molecule has 2 atom stereocenters. The van der Waals surface area contributed by atoms with Gasteiger partial charge in [0.15, 0.2) is 34.9 Å². The van der Waals surface area contributed by atoms with E-state index in [9.17, 15) is 26.3 Å². The Morgan fingerprint density at radius 3 is 1.34 bits per heavy atom. The van der Waals surface area contributed by atoms with Gasteiger partial charge in [-0.2, -0.15) is 0 Å². The third kappa shape index (κ3) is 3.71. The van der Waals surface area contributed by atoms with E-state index < -0.39 is 47.0 Å². The van der Waals surface area contributed by atoms with Gasteiger partial charge in [-0.05, 0) is 35.4 Å². The monoisotopic (exact) mass is 415 g/mol. The minimum Gasteiger partial charge on any atom is -0.462 e. The molecule has 2 unspecified atom stereocenters. The summed E-state index contributed by atoms with van der Waals surface area (Å²) in [4.78, 5) is 8.14. The maximum atomic E-state index is 13.4. The van der Waals surface area contributed by atoms with E-state index >= 15 is 0 Å². The average molecular weight is 415 g/mol. The molecule has 2 aromatic rings. The summed E-state index contributed by atoms with van der Waals surface area (Å²) in [5.41, 5.74) is 0.144. The van der Waals surface area contributed by atoms with Crippen LogP contribution in [-0.4, -0.2) is 25.3 Å². The van der Waals surface area contributed by atoms with Crippen molar-refractivity contribution in [3.63, 3.8) is 0 Å². The molecule has 0 radical (unpaired) electrons. The van der Waals surface area contributed by atoms with Gasteiger partial charge in [0.05, 0.1) is 0 Å². The van der Waals surface area contributed by atoms with Crippen molar-refractivity contribution in [2.24, 2.45) is 9.98 Å². The minimum atomic E-state index is -1.58. The van der Waals surface area contributed by atoms with Gasteiger partial charge in [0, 0.05) is 0 Å². The summed E-state index contributed by atoms with van der Waals surface area (Å²) in [5.74, 6) is -8.54. The van der Waals surface area contributed by atoms with Crippen molar-refractivity contribution in [3.8, 4) is 0 Å². The van der Waals surface area contributed by atoms with Crippen molar-refractivity contribution >= 4 is 12.0 Å². The van der Waals surface area contributed by atoms with Crippen molar-refractivity contribution in [2.75, 3.05) is 13.2 Å². The van der Waals surface area contributed by atoms with E-state index in [1.54, 1.807) is 0 Å². The summed E-state index contributed by atoms with van der Waals surface area (Å²) in [7, 11) is 0. The number of nitrogens with zero attached hydrogens (tertiary/aromatic N) is 2. The maximum absolute atomic E-state index is 13.4. The first-order valence-corrected chi connectivity index (χ1v) is 8.29. The first kappa shape index (κ1) is 19.1. The summed E-state index contributed by atoms with van der Waals surface area (Å²) >= 11 is 0. The van der Waals surface area contributed by atoms with Crippen LogP contribution in [0.25, 0.3) is 0 Å². The third-order valence-corrected chi connectivity index (χ3v) is 4.30. The van der Waals surface area contributed by atoms with Gasteiger partial charge in [0.25, 0.3) is 12.0 Å². The highest BCUT2D eigenvalue weighted by Crippen LogP contribution is 2.27. The number of benzene rings is 2. The van der Waals surface area contributed by atoms with Gasteiger partial charge in [0.1, 0.15) is 25.3 Å². The molecule has 0 saturated carbocycles. The molecule has 5 nitrogen and oxygen atoms in total. The van der Waals surface area contributed by atoms with Gasteiger partial charge in [-0.3, -0.25) is 5.32 Å². The van der Waals surface area contributed by atoms with Gasteiger partial charge < -0.3 is 9.47 Å². The Balaban J connectivity index is 1.48. The van der Waals surface area contributed by atoms with Crippen molar-refractivity contribution in [2.45, 2.75) is 12.1 Å². The Kier molecular flexibility index (Phi) is 4.81. The van der Waals surface area contributed by atoms with Crippen LogP contribution >= 0.6 is 0 Å². The summed E-state index contributed by atoms with van der Waals surface area (Å²) < 4.78 is 90.1. The second-order valence-corrected chi connectivity index (χ2v) is 6.24. The number of hydrogen-bond acceptors (Lipinski definition) is 5. The molecule has 2 aliphatic rings. The number of hydrogen-bond donors (Lipinski definition) is 1. The number of halogens is 6. The van der Waals surface area contributed by atoms with E-state index in [1.807, 2.05) is 0 Å². The summed E-state index contributed by atoms with van der Waals surface area (Å²) in [6, 6.07) is 1.53. The summed E-state index contributed by atoms with van der Waals surface area (Å²) in [6.45, 7) is -0.143. The quantitative estimate of drug-likeness (QED) is 0.602. The molecule has 152 valence electrons. The van der Waals surface area contributed by atoms with Crippen LogP contribution in [0.2, 0.25) is 0 Å². The zero-order valence-corrected chi connectivity index (χ0v) is 14.4. The van der Waals surface area contributed by atoms with Crippen LogP contribution in [0, 0.1) is 34.9 Å². The van der Waals surface area contributed by atoms with Crippen LogP contribution in [-0.2, 0) is 9.47 Å². The Bertz CT molecular complexity index is 915. The van der Waals surface area contributed by atoms with Crippen molar-refractivity contribution in [3.05, 3.63) is 70.3 Å². The van der Waals surface area contributed by atoms with Crippen LogP contribution in [0.15, 0.2) is 34.3 Å². The lowest BCUT2D eigenvalue weighted by atomic mass is 10.1. The number of nitrogens with one attached hydrogen (secondary N) is 1. The molecule has 0 amide bonds. The largest absolute Gasteiger partial charge is 0.462 e. The predicted octanol–water partition coefficient (Wildman–Crippen LogP) is 3.67. The molecule has 2 heterocycles. The molecule has 1 N–H and O–H groups in total. The Morgan fingerprint density at radius 2 is 1.00 bits per heavy atom. The zero-order chi connectivity index (χ0) is 20.7. The van der Waals surface area contributed by atoms with E-state index in [1.165, 1.54) is 0 Å². The third-order valence-electron chi connectivity index (χ3n) is 4.30. The molecule has 2 aromatic carbocycles. The second-order valence-electron chi connectivity index (χ2n) is 6.24. The first-order valence-electron chi connectivity index (χ1n) is 8.29. The summed E-state index contributed by atoms with van der Waals surface area (Å²) in [6.07, 6.45) is 0.